The van der Waals surface area contributed by atoms with Gasteiger partial charge in [0.1, 0.15) is 0 Å². The van der Waals surface area contributed by atoms with E-state index in [0.717, 1.165) is 5.69 Å². The van der Waals surface area contributed by atoms with E-state index in [1.165, 1.54) is 6.92 Å². The summed E-state index contributed by atoms with van der Waals surface area (Å²) in [5.41, 5.74) is 1.47. The van der Waals surface area contributed by atoms with E-state index in [0.29, 0.717) is 12.0 Å². The summed E-state index contributed by atoms with van der Waals surface area (Å²) in [6.07, 6.45) is 0.477. The van der Waals surface area contributed by atoms with E-state index in [-0.39, 0.29) is 11.7 Å². The summed E-state index contributed by atoms with van der Waals surface area (Å²) in [7, 11) is 1.73. The first-order valence-electron chi connectivity index (χ1n) is 4.93. The number of carbonyl (C=O) groups is 2. The minimum Gasteiger partial charge on any atom is -0.316 e. The van der Waals surface area contributed by atoms with Crippen LogP contribution >= 0.6 is 0 Å². The highest BCUT2D eigenvalue weighted by molar-refractivity contribution is 5.96. The van der Waals surface area contributed by atoms with Gasteiger partial charge >= 0.3 is 0 Å². The van der Waals surface area contributed by atoms with Crippen molar-refractivity contribution >= 4 is 17.4 Å². The van der Waals surface area contributed by atoms with Crippen molar-refractivity contribution in [2.24, 2.45) is 0 Å². The Morgan fingerprint density at radius 1 is 1.20 bits per heavy atom. The monoisotopic (exact) mass is 205 g/mol. The van der Waals surface area contributed by atoms with Crippen LogP contribution in [0.1, 0.15) is 30.6 Å². The zero-order valence-corrected chi connectivity index (χ0v) is 9.28. The zero-order chi connectivity index (χ0) is 11.4. The normalized spacial score (nSPS) is 9.80. The summed E-state index contributed by atoms with van der Waals surface area (Å²) in [6.45, 7) is 3.35. The molecule has 0 saturated heterocycles. The van der Waals surface area contributed by atoms with Gasteiger partial charge < -0.3 is 4.90 Å². The van der Waals surface area contributed by atoms with E-state index in [4.69, 9.17) is 0 Å². The molecule has 0 fully saturated rings. The van der Waals surface area contributed by atoms with Crippen LogP contribution in [0.4, 0.5) is 5.69 Å². The molecule has 0 atom stereocenters. The molecular weight excluding hydrogens is 190 g/mol. The molecule has 1 aromatic rings. The van der Waals surface area contributed by atoms with Gasteiger partial charge in [0.2, 0.25) is 5.91 Å². The van der Waals surface area contributed by atoms with Gasteiger partial charge in [0.05, 0.1) is 0 Å². The summed E-state index contributed by atoms with van der Waals surface area (Å²) in [5.74, 6) is 0.0941. The topological polar surface area (TPSA) is 37.4 Å². The fraction of sp³-hybridized carbons (Fsp3) is 0.333. The predicted molar refractivity (Wildman–Crippen MR) is 60.1 cm³/mol. The van der Waals surface area contributed by atoms with Crippen LogP contribution in [0, 0.1) is 0 Å². The number of carbonyl (C=O) groups excluding carboxylic acids is 2. The van der Waals surface area contributed by atoms with Gasteiger partial charge in [0.25, 0.3) is 0 Å². The maximum atomic E-state index is 11.4. The molecule has 0 bridgehead atoms. The molecule has 0 aliphatic carbocycles. The van der Waals surface area contributed by atoms with Crippen LogP contribution in [0.15, 0.2) is 24.3 Å². The van der Waals surface area contributed by atoms with Gasteiger partial charge in [0, 0.05) is 24.7 Å². The molecule has 0 aromatic heterocycles. The molecule has 3 nitrogen and oxygen atoms in total. The molecule has 0 heterocycles. The highest BCUT2D eigenvalue weighted by Gasteiger charge is 2.08. The maximum Gasteiger partial charge on any atom is 0.226 e. The minimum absolute atomic E-state index is 0.0334. The van der Waals surface area contributed by atoms with Crippen molar-refractivity contribution in [1.82, 2.24) is 0 Å². The lowest BCUT2D eigenvalue weighted by molar-refractivity contribution is -0.118. The molecule has 0 radical (unpaired) electrons. The third kappa shape index (κ3) is 2.65. The molecule has 80 valence electrons. The largest absolute Gasteiger partial charge is 0.316 e. The van der Waals surface area contributed by atoms with Crippen LogP contribution in [0.2, 0.25) is 0 Å². The van der Waals surface area contributed by atoms with Crippen LogP contribution in [-0.4, -0.2) is 18.7 Å². The van der Waals surface area contributed by atoms with Crippen LogP contribution < -0.4 is 4.90 Å². The third-order valence-electron chi connectivity index (χ3n) is 2.34. The lowest BCUT2D eigenvalue weighted by Crippen LogP contribution is -2.24. The summed E-state index contributed by atoms with van der Waals surface area (Å²) in [4.78, 5) is 24.0. The number of nitrogens with zero attached hydrogens (tertiary/aromatic N) is 1. The second kappa shape index (κ2) is 4.73. The van der Waals surface area contributed by atoms with Gasteiger partial charge in [-0.2, -0.15) is 0 Å². The number of amides is 1. The SMILES string of the molecule is CCC(=O)N(C)c1ccc(C(C)=O)cc1. The average molecular weight is 205 g/mol. The fourth-order valence-electron chi connectivity index (χ4n) is 1.30. The third-order valence-corrected chi connectivity index (χ3v) is 2.34. The van der Waals surface area contributed by atoms with Gasteiger partial charge in [-0.05, 0) is 31.2 Å². The molecule has 1 aromatic carbocycles. The molecule has 0 aliphatic heterocycles. The maximum absolute atomic E-state index is 11.4. The van der Waals surface area contributed by atoms with Gasteiger partial charge in [0.15, 0.2) is 5.78 Å². The van der Waals surface area contributed by atoms with E-state index < -0.39 is 0 Å². The van der Waals surface area contributed by atoms with Crippen molar-refractivity contribution in [3.63, 3.8) is 0 Å². The first kappa shape index (κ1) is 11.4. The summed E-state index contributed by atoms with van der Waals surface area (Å²) in [5, 5.41) is 0. The van der Waals surface area contributed by atoms with Crippen LogP contribution in [-0.2, 0) is 4.79 Å². The predicted octanol–water partition coefficient (Wildman–Crippen LogP) is 2.26. The first-order valence-corrected chi connectivity index (χ1v) is 4.93. The van der Waals surface area contributed by atoms with Crippen molar-refractivity contribution < 1.29 is 9.59 Å². The van der Waals surface area contributed by atoms with E-state index in [1.54, 1.807) is 36.2 Å². The Hall–Kier alpha value is -1.64. The number of ketones is 1. The molecule has 0 unspecified atom stereocenters. The van der Waals surface area contributed by atoms with Gasteiger partial charge in [-0.1, -0.05) is 6.92 Å². The van der Waals surface area contributed by atoms with Crippen molar-refractivity contribution in [2.45, 2.75) is 20.3 Å². The Kier molecular flexibility index (Phi) is 3.61. The fourth-order valence-corrected chi connectivity index (χ4v) is 1.30. The Bertz CT molecular complexity index is 368. The smallest absolute Gasteiger partial charge is 0.226 e. The van der Waals surface area contributed by atoms with Crippen LogP contribution in [0.3, 0.4) is 0 Å². The van der Waals surface area contributed by atoms with Crippen molar-refractivity contribution in [2.75, 3.05) is 11.9 Å². The first-order chi connectivity index (χ1) is 7.06. The number of benzene rings is 1. The molecule has 3 heteroatoms. The Balaban J connectivity index is 2.89. The Labute approximate surface area is 89.7 Å². The summed E-state index contributed by atoms with van der Waals surface area (Å²) < 4.78 is 0. The summed E-state index contributed by atoms with van der Waals surface area (Å²) >= 11 is 0. The highest BCUT2D eigenvalue weighted by Crippen LogP contribution is 2.14. The highest BCUT2D eigenvalue weighted by atomic mass is 16.2. The van der Waals surface area contributed by atoms with Crippen molar-refractivity contribution in [3.05, 3.63) is 29.8 Å². The molecule has 0 N–H and O–H groups in total. The minimum atomic E-state index is 0.0334. The average Bonchev–Trinajstić information content (AvgIpc) is 2.27. The number of rotatable bonds is 3. The quantitative estimate of drug-likeness (QED) is 0.710. The molecule has 15 heavy (non-hydrogen) atoms. The van der Waals surface area contributed by atoms with E-state index >= 15 is 0 Å². The van der Waals surface area contributed by atoms with Gasteiger partial charge in [-0.25, -0.2) is 0 Å². The van der Waals surface area contributed by atoms with Gasteiger partial charge in [-0.3, -0.25) is 9.59 Å². The second-order valence-corrected chi connectivity index (χ2v) is 3.41. The number of hydrogen-bond donors (Lipinski definition) is 0. The van der Waals surface area contributed by atoms with Gasteiger partial charge in [-0.15, -0.1) is 0 Å². The zero-order valence-electron chi connectivity index (χ0n) is 9.28. The molecule has 0 aliphatic rings. The second-order valence-electron chi connectivity index (χ2n) is 3.41. The molecule has 1 amide bonds. The van der Waals surface area contributed by atoms with Crippen LogP contribution in [0.5, 0.6) is 0 Å². The van der Waals surface area contributed by atoms with E-state index in [9.17, 15) is 9.59 Å². The molecule has 0 saturated carbocycles. The van der Waals surface area contributed by atoms with E-state index in [1.807, 2.05) is 6.92 Å². The molecule has 0 spiro atoms. The summed E-state index contributed by atoms with van der Waals surface area (Å²) in [6, 6.07) is 7.03. The lowest BCUT2D eigenvalue weighted by atomic mass is 10.1. The van der Waals surface area contributed by atoms with Crippen molar-refractivity contribution in [3.8, 4) is 0 Å². The Morgan fingerprint density at radius 3 is 2.13 bits per heavy atom. The number of anilines is 1. The van der Waals surface area contributed by atoms with E-state index in [2.05, 4.69) is 0 Å². The lowest BCUT2D eigenvalue weighted by Gasteiger charge is -2.16. The molecule has 1 rings (SSSR count). The number of Topliss-reactive ketones (excluding diaryl/α,β-unsaturated/α-hetero) is 1. The number of hydrogen-bond acceptors (Lipinski definition) is 2. The standard InChI is InChI=1S/C12H15NO2/c1-4-12(15)13(3)11-7-5-10(6-8-11)9(2)14/h5-8H,4H2,1-3H3. The Morgan fingerprint density at radius 2 is 1.73 bits per heavy atom. The van der Waals surface area contributed by atoms with Crippen LogP contribution in [0.25, 0.3) is 0 Å². The van der Waals surface area contributed by atoms with Crippen molar-refractivity contribution in [1.29, 1.82) is 0 Å². The molecular formula is C12H15NO2.